The normalized spacial score (nSPS) is 11.3. The van der Waals surface area contributed by atoms with Crippen molar-refractivity contribution in [3.8, 4) is 11.1 Å². The summed E-state index contributed by atoms with van der Waals surface area (Å²) >= 11 is 0. The highest BCUT2D eigenvalue weighted by atomic mass is 15.2. The Bertz CT molecular complexity index is 2620. The number of benzene rings is 8. The van der Waals surface area contributed by atoms with Crippen LogP contribution < -0.4 is 9.80 Å². The molecule has 0 atom stereocenters. The van der Waals surface area contributed by atoms with Crippen molar-refractivity contribution in [2.45, 2.75) is 27.2 Å². The van der Waals surface area contributed by atoms with Crippen molar-refractivity contribution in [2.75, 3.05) is 9.80 Å². The highest BCUT2D eigenvalue weighted by Gasteiger charge is 2.19. The van der Waals surface area contributed by atoms with E-state index in [-0.39, 0.29) is 0 Å². The molecular weight excluding hydrogens is 701 g/mol. The minimum Gasteiger partial charge on any atom is -0.310 e. The quantitative estimate of drug-likeness (QED) is 0.115. The number of anilines is 6. The molecule has 0 fully saturated rings. The van der Waals surface area contributed by atoms with Crippen LogP contribution in [0.15, 0.2) is 200 Å². The SMILES string of the molecule is CCc1cccc(C)c1N(c1ccc(/C=C/c2ccccc2)cc1)c1ccc(-c2ccc(N(c3ccc(/C=C/c4ccccc4)cc3)c3ccccc3C)cc2)cc1. The second kappa shape index (κ2) is 17.7. The molecule has 0 unspecified atom stereocenters. The topological polar surface area (TPSA) is 6.48 Å². The first kappa shape index (κ1) is 37.7. The Morgan fingerprint density at radius 1 is 0.345 bits per heavy atom. The summed E-state index contributed by atoms with van der Waals surface area (Å²) in [4.78, 5) is 4.76. The van der Waals surface area contributed by atoms with E-state index in [2.05, 4.69) is 243 Å². The molecule has 0 N–H and O–H groups in total. The lowest BCUT2D eigenvalue weighted by Gasteiger charge is -2.29. The van der Waals surface area contributed by atoms with Crippen LogP contribution in [0.4, 0.5) is 34.1 Å². The van der Waals surface area contributed by atoms with Crippen LogP contribution in [0.3, 0.4) is 0 Å². The van der Waals surface area contributed by atoms with Crippen molar-refractivity contribution in [2.24, 2.45) is 0 Å². The van der Waals surface area contributed by atoms with Gasteiger partial charge in [0.05, 0.1) is 5.69 Å². The maximum Gasteiger partial charge on any atom is 0.0522 e. The maximum atomic E-state index is 2.41. The van der Waals surface area contributed by atoms with Crippen molar-refractivity contribution < 1.29 is 0 Å². The second-order valence-electron chi connectivity index (χ2n) is 14.7. The predicted molar refractivity (Wildman–Crippen MR) is 251 cm³/mol. The molecule has 8 rings (SSSR count). The van der Waals surface area contributed by atoms with Crippen LogP contribution in [0.5, 0.6) is 0 Å². The monoisotopic (exact) mass is 748 g/mol. The van der Waals surface area contributed by atoms with Gasteiger partial charge in [0.2, 0.25) is 0 Å². The molecule has 8 aromatic carbocycles. The minimum absolute atomic E-state index is 0.949. The number of rotatable bonds is 12. The Morgan fingerprint density at radius 2 is 0.724 bits per heavy atom. The van der Waals surface area contributed by atoms with Gasteiger partial charge in [0.25, 0.3) is 0 Å². The molecule has 2 heteroatoms. The number of hydrogen-bond acceptors (Lipinski definition) is 2. The first-order valence-electron chi connectivity index (χ1n) is 20.2. The summed E-state index contributed by atoms with van der Waals surface area (Å²) in [6.45, 7) is 6.63. The molecule has 8 aromatic rings. The van der Waals surface area contributed by atoms with E-state index in [1.165, 1.54) is 50.2 Å². The summed E-state index contributed by atoms with van der Waals surface area (Å²) in [6.07, 6.45) is 9.62. The van der Waals surface area contributed by atoms with E-state index in [0.717, 1.165) is 40.4 Å². The third-order valence-electron chi connectivity index (χ3n) is 10.7. The Morgan fingerprint density at radius 3 is 1.17 bits per heavy atom. The van der Waals surface area contributed by atoms with Crippen LogP contribution in [0.1, 0.15) is 45.9 Å². The first-order chi connectivity index (χ1) is 28.5. The van der Waals surface area contributed by atoms with Crippen LogP contribution in [-0.2, 0) is 6.42 Å². The molecule has 0 saturated carbocycles. The molecule has 0 radical (unpaired) electrons. The van der Waals surface area contributed by atoms with Gasteiger partial charge < -0.3 is 9.80 Å². The summed E-state index contributed by atoms with van der Waals surface area (Å²) in [5.74, 6) is 0. The van der Waals surface area contributed by atoms with Gasteiger partial charge >= 0.3 is 0 Å². The Kier molecular flexibility index (Phi) is 11.6. The zero-order chi connectivity index (χ0) is 39.7. The standard InChI is InChI=1S/C56H48N2/c1-4-48-20-13-15-43(3)56(48)58(53-36-28-47(29-37-53)25-23-45-18-9-6-10-19-45)54-40-32-50(33-41-54)49-30-38-52(39-31-49)57(55-21-12-11-14-42(55)2)51-34-26-46(27-35-51)24-22-44-16-7-5-8-17-44/h5-41H,4H2,1-3H3/b24-22+,25-23+. The van der Waals surface area contributed by atoms with Crippen LogP contribution in [0, 0.1) is 13.8 Å². The Balaban J connectivity index is 1.08. The first-order valence-corrected chi connectivity index (χ1v) is 20.2. The highest BCUT2D eigenvalue weighted by molar-refractivity contribution is 5.84. The largest absolute Gasteiger partial charge is 0.310 e. The van der Waals surface area contributed by atoms with E-state index in [0.29, 0.717) is 0 Å². The van der Waals surface area contributed by atoms with Gasteiger partial charge in [-0.2, -0.15) is 0 Å². The lowest BCUT2D eigenvalue weighted by atomic mass is 10.0. The molecule has 0 saturated heterocycles. The number of para-hydroxylation sites is 2. The van der Waals surface area contributed by atoms with Crippen molar-refractivity contribution in [1.82, 2.24) is 0 Å². The van der Waals surface area contributed by atoms with Crippen LogP contribution in [0.25, 0.3) is 35.4 Å². The molecule has 0 bridgehead atoms. The molecule has 58 heavy (non-hydrogen) atoms. The minimum atomic E-state index is 0.949. The fourth-order valence-electron chi connectivity index (χ4n) is 7.56. The van der Waals surface area contributed by atoms with Crippen LogP contribution in [-0.4, -0.2) is 0 Å². The molecule has 282 valence electrons. The van der Waals surface area contributed by atoms with Crippen LogP contribution >= 0.6 is 0 Å². The summed E-state index contributed by atoms with van der Waals surface area (Å²) in [7, 11) is 0. The predicted octanol–water partition coefficient (Wildman–Crippen LogP) is 15.8. The van der Waals surface area contributed by atoms with E-state index in [9.17, 15) is 0 Å². The van der Waals surface area contributed by atoms with Crippen LogP contribution in [0.2, 0.25) is 0 Å². The maximum absolute atomic E-state index is 2.41. The summed E-state index contributed by atoms with van der Waals surface area (Å²) in [5, 5.41) is 0. The Labute approximate surface area is 344 Å². The van der Waals surface area contributed by atoms with Gasteiger partial charge in [-0.25, -0.2) is 0 Å². The van der Waals surface area contributed by atoms with E-state index in [4.69, 9.17) is 0 Å². The summed E-state index contributed by atoms with van der Waals surface area (Å²) in [5.41, 5.74) is 17.8. The van der Waals surface area contributed by atoms with Gasteiger partial charge in [-0.15, -0.1) is 0 Å². The van der Waals surface area contributed by atoms with Gasteiger partial charge in [-0.3, -0.25) is 0 Å². The third-order valence-corrected chi connectivity index (χ3v) is 10.7. The van der Waals surface area contributed by atoms with Gasteiger partial charge in [0.15, 0.2) is 0 Å². The number of nitrogens with zero attached hydrogens (tertiary/aromatic N) is 2. The zero-order valence-corrected chi connectivity index (χ0v) is 33.5. The molecule has 0 aliphatic heterocycles. The summed E-state index contributed by atoms with van der Waals surface area (Å²) < 4.78 is 0. The average molecular weight is 749 g/mol. The van der Waals surface area contributed by atoms with E-state index in [1.54, 1.807) is 0 Å². The van der Waals surface area contributed by atoms with E-state index < -0.39 is 0 Å². The molecule has 0 amide bonds. The number of hydrogen-bond donors (Lipinski definition) is 0. The van der Waals surface area contributed by atoms with E-state index >= 15 is 0 Å². The Hall–Kier alpha value is -7.16. The second-order valence-corrected chi connectivity index (χ2v) is 14.7. The van der Waals surface area contributed by atoms with Crippen molar-refractivity contribution in [3.05, 3.63) is 239 Å². The fourth-order valence-corrected chi connectivity index (χ4v) is 7.56. The lowest BCUT2D eigenvalue weighted by molar-refractivity contribution is 1.10. The van der Waals surface area contributed by atoms with Gasteiger partial charge in [0.1, 0.15) is 0 Å². The fraction of sp³-hybridized carbons (Fsp3) is 0.0714. The lowest BCUT2D eigenvalue weighted by Crippen LogP contribution is -2.13. The van der Waals surface area contributed by atoms with Crippen molar-refractivity contribution in [3.63, 3.8) is 0 Å². The molecule has 0 aromatic heterocycles. The average Bonchev–Trinajstić information content (AvgIpc) is 3.28. The van der Waals surface area contributed by atoms with Gasteiger partial charge in [0, 0.05) is 28.4 Å². The highest BCUT2D eigenvalue weighted by Crippen LogP contribution is 2.41. The van der Waals surface area contributed by atoms with E-state index in [1.807, 2.05) is 12.1 Å². The molecule has 0 aliphatic carbocycles. The molecule has 0 aliphatic rings. The zero-order valence-electron chi connectivity index (χ0n) is 33.5. The summed E-state index contributed by atoms with van der Waals surface area (Å²) in [6, 6.07) is 71.7. The van der Waals surface area contributed by atoms with Gasteiger partial charge in [-0.1, -0.05) is 177 Å². The molecule has 2 nitrogen and oxygen atoms in total. The molecule has 0 heterocycles. The third kappa shape index (κ3) is 8.63. The molecular formula is C56H48N2. The van der Waals surface area contributed by atoms with Gasteiger partial charge in [-0.05, 0) is 125 Å². The van der Waals surface area contributed by atoms with Crippen molar-refractivity contribution in [1.29, 1.82) is 0 Å². The molecule has 0 spiro atoms. The smallest absolute Gasteiger partial charge is 0.0522 e. The number of aryl methyl sites for hydroxylation is 3. The van der Waals surface area contributed by atoms with Crippen molar-refractivity contribution >= 4 is 58.4 Å².